The van der Waals surface area contributed by atoms with Crippen LogP contribution in [0.1, 0.15) is 31.2 Å². The van der Waals surface area contributed by atoms with Gasteiger partial charge in [-0.3, -0.25) is 9.69 Å². The van der Waals surface area contributed by atoms with Crippen molar-refractivity contribution >= 4 is 33.1 Å². The lowest BCUT2D eigenvalue weighted by atomic mass is 10.2. The second-order valence-corrected chi connectivity index (χ2v) is 8.50. The number of rotatable bonds is 5. The fourth-order valence-corrected chi connectivity index (χ4v) is 4.82. The second kappa shape index (κ2) is 7.79. The molecule has 0 atom stereocenters. The van der Waals surface area contributed by atoms with E-state index in [1.54, 1.807) is 11.3 Å². The van der Waals surface area contributed by atoms with Crippen molar-refractivity contribution in [3.63, 3.8) is 0 Å². The number of thiazole rings is 1. The highest BCUT2D eigenvalue weighted by atomic mass is 32.1. The smallest absolute Gasteiger partial charge is 0.238 e. The lowest BCUT2D eigenvalue weighted by Crippen LogP contribution is -2.36. The third kappa shape index (κ3) is 4.20. The van der Waals surface area contributed by atoms with Crippen LogP contribution in [0, 0.1) is 6.92 Å². The summed E-state index contributed by atoms with van der Waals surface area (Å²) in [4.78, 5) is 19.2. The van der Waals surface area contributed by atoms with Crippen molar-refractivity contribution in [1.29, 1.82) is 0 Å². The van der Waals surface area contributed by atoms with E-state index in [2.05, 4.69) is 35.3 Å². The number of benzene rings is 2. The molecule has 1 aromatic heterocycles. The van der Waals surface area contributed by atoms with Crippen LogP contribution in [-0.4, -0.2) is 35.4 Å². The van der Waals surface area contributed by atoms with Gasteiger partial charge in [-0.1, -0.05) is 18.9 Å². The first-order valence-corrected chi connectivity index (χ1v) is 10.4. The van der Waals surface area contributed by atoms with Crippen LogP contribution < -0.4 is 5.32 Å². The monoisotopic (exact) mass is 379 g/mol. The van der Waals surface area contributed by atoms with E-state index in [9.17, 15) is 4.79 Å². The van der Waals surface area contributed by atoms with E-state index in [1.807, 2.05) is 31.3 Å². The number of carbonyl (C=O) groups is 1. The van der Waals surface area contributed by atoms with Gasteiger partial charge in [0.25, 0.3) is 0 Å². The Morgan fingerprint density at radius 1 is 1.19 bits per heavy atom. The zero-order valence-electron chi connectivity index (χ0n) is 15.9. The molecule has 27 heavy (non-hydrogen) atoms. The summed E-state index contributed by atoms with van der Waals surface area (Å²) in [7, 11) is 2.05. The Hall–Kier alpha value is -2.24. The highest BCUT2D eigenvalue weighted by molar-refractivity contribution is 7.21. The zero-order valence-corrected chi connectivity index (χ0v) is 16.7. The summed E-state index contributed by atoms with van der Waals surface area (Å²) >= 11 is 1.70. The Kier molecular flexibility index (Phi) is 5.23. The molecule has 140 valence electrons. The van der Waals surface area contributed by atoms with Gasteiger partial charge in [-0.15, -0.1) is 11.3 Å². The van der Waals surface area contributed by atoms with Gasteiger partial charge in [0.2, 0.25) is 5.91 Å². The first-order chi connectivity index (χ1) is 13.1. The van der Waals surface area contributed by atoms with Crippen LogP contribution in [0.2, 0.25) is 0 Å². The van der Waals surface area contributed by atoms with Crippen LogP contribution in [0.25, 0.3) is 20.8 Å². The number of aryl methyl sites for hydroxylation is 1. The van der Waals surface area contributed by atoms with Crippen molar-refractivity contribution in [3.8, 4) is 10.6 Å². The van der Waals surface area contributed by atoms with Crippen molar-refractivity contribution in [3.05, 3.63) is 48.0 Å². The maximum Gasteiger partial charge on any atom is 0.238 e. The first-order valence-electron chi connectivity index (χ1n) is 9.56. The number of amides is 1. The Morgan fingerprint density at radius 2 is 1.93 bits per heavy atom. The van der Waals surface area contributed by atoms with Gasteiger partial charge in [0.05, 0.1) is 16.8 Å². The van der Waals surface area contributed by atoms with E-state index in [4.69, 9.17) is 4.98 Å². The van der Waals surface area contributed by atoms with Crippen LogP contribution in [0.15, 0.2) is 42.5 Å². The van der Waals surface area contributed by atoms with E-state index in [1.165, 1.54) is 35.9 Å². The quantitative estimate of drug-likeness (QED) is 0.672. The number of anilines is 1. The normalized spacial score (nSPS) is 14.9. The SMILES string of the molecule is Cc1ccc2nc(-c3ccc(NC(=O)CN(C)C4CCCC4)cc3)sc2c1. The number of nitrogens with one attached hydrogen (secondary N) is 1. The average molecular weight is 380 g/mol. The number of fused-ring (bicyclic) bond motifs is 1. The molecule has 0 saturated heterocycles. The predicted octanol–water partition coefficient (Wildman–Crippen LogP) is 5.08. The van der Waals surface area contributed by atoms with E-state index in [-0.39, 0.29) is 5.91 Å². The van der Waals surface area contributed by atoms with Gasteiger partial charge in [-0.05, 0) is 68.8 Å². The van der Waals surface area contributed by atoms with Crippen LogP contribution in [0.5, 0.6) is 0 Å². The largest absolute Gasteiger partial charge is 0.325 e. The minimum absolute atomic E-state index is 0.0487. The average Bonchev–Trinajstić information content (AvgIpc) is 3.31. The summed E-state index contributed by atoms with van der Waals surface area (Å²) in [6.07, 6.45) is 4.98. The van der Waals surface area contributed by atoms with Crippen molar-refractivity contribution in [2.24, 2.45) is 0 Å². The van der Waals surface area contributed by atoms with Crippen molar-refractivity contribution in [1.82, 2.24) is 9.88 Å². The van der Waals surface area contributed by atoms with Crippen LogP contribution in [0.4, 0.5) is 5.69 Å². The van der Waals surface area contributed by atoms with Gasteiger partial charge in [-0.2, -0.15) is 0 Å². The Bertz CT molecular complexity index is 942. The molecule has 1 aliphatic rings. The number of nitrogens with zero attached hydrogens (tertiary/aromatic N) is 2. The summed E-state index contributed by atoms with van der Waals surface area (Å²) in [6.45, 7) is 2.55. The molecule has 5 heteroatoms. The highest BCUT2D eigenvalue weighted by Gasteiger charge is 2.21. The second-order valence-electron chi connectivity index (χ2n) is 7.47. The zero-order chi connectivity index (χ0) is 18.8. The minimum atomic E-state index is 0.0487. The molecule has 1 saturated carbocycles. The first kappa shape index (κ1) is 18.1. The molecule has 4 nitrogen and oxygen atoms in total. The van der Waals surface area contributed by atoms with Gasteiger partial charge < -0.3 is 5.32 Å². The topological polar surface area (TPSA) is 45.2 Å². The molecule has 3 aromatic rings. The molecule has 1 amide bonds. The van der Waals surface area contributed by atoms with Crippen LogP contribution in [0.3, 0.4) is 0 Å². The lowest BCUT2D eigenvalue weighted by Gasteiger charge is -2.23. The van der Waals surface area contributed by atoms with Gasteiger partial charge >= 0.3 is 0 Å². The highest BCUT2D eigenvalue weighted by Crippen LogP contribution is 2.31. The number of likely N-dealkylation sites (N-methyl/N-ethyl adjacent to an activating group) is 1. The fraction of sp³-hybridized carbons (Fsp3) is 0.364. The standard InChI is InChI=1S/C22H25N3OS/c1-15-7-12-19-20(13-15)27-22(24-19)16-8-10-17(11-9-16)23-21(26)14-25(2)18-5-3-4-6-18/h7-13,18H,3-6,14H2,1-2H3,(H,23,26). The molecule has 0 radical (unpaired) electrons. The maximum atomic E-state index is 12.3. The number of carbonyl (C=O) groups excluding carboxylic acids is 1. The number of hydrogen-bond donors (Lipinski definition) is 1. The molecule has 0 bridgehead atoms. The van der Waals surface area contributed by atoms with Gasteiger partial charge in [0, 0.05) is 17.3 Å². The molecule has 1 heterocycles. The van der Waals surface area contributed by atoms with Crippen LogP contribution in [-0.2, 0) is 4.79 Å². The third-order valence-corrected chi connectivity index (χ3v) is 6.37. The Morgan fingerprint density at radius 3 is 2.67 bits per heavy atom. The Balaban J connectivity index is 1.41. The van der Waals surface area contributed by atoms with E-state index < -0.39 is 0 Å². The molecule has 0 unspecified atom stereocenters. The molecule has 0 aliphatic heterocycles. The number of aromatic nitrogens is 1. The van der Waals surface area contributed by atoms with Crippen molar-refractivity contribution < 1.29 is 4.79 Å². The summed E-state index contributed by atoms with van der Waals surface area (Å²) in [5.41, 5.74) is 4.20. The molecular formula is C22H25N3OS. The van der Waals surface area contributed by atoms with Crippen molar-refractivity contribution in [2.45, 2.75) is 38.6 Å². The predicted molar refractivity (Wildman–Crippen MR) is 113 cm³/mol. The molecule has 1 fully saturated rings. The molecular weight excluding hydrogens is 354 g/mol. The summed E-state index contributed by atoms with van der Waals surface area (Å²) < 4.78 is 1.21. The molecule has 1 N–H and O–H groups in total. The van der Waals surface area contributed by atoms with Gasteiger partial charge in [0.1, 0.15) is 5.01 Å². The van der Waals surface area contributed by atoms with Gasteiger partial charge in [-0.25, -0.2) is 4.98 Å². The maximum absolute atomic E-state index is 12.3. The molecule has 4 rings (SSSR count). The summed E-state index contributed by atoms with van der Waals surface area (Å²) in [6, 6.07) is 14.9. The fourth-order valence-electron chi connectivity index (χ4n) is 3.75. The third-order valence-electron chi connectivity index (χ3n) is 5.30. The Labute approximate surface area is 164 Å². The summed E-state index contributed by atoms with van der Waals surface area (Å²) in [5.74, 6) is 0.0487. The van der Waals surface area contributed by atoms with E-state index in [0.717, 1.165) is 21.8 Å². The minimum Gasteiger partial charge on any atom is -0.325 e. The summed E-state index contributed by atoms with van der Waals surface area (Å²) in [5, 5.41) is 4.02. The van der Waals surface area contributed by atoms with E-state index >= 15 is 0 Å². The molecule has 2 aromatic carbocycles. The number of hydrogen-bond acceptors (Lipinski definition) is 4. The lowest BCUT2D eigenvalue weighted by molar-refractivity contribution is -0.117. The van der Waals surface area contributed by atoms with Crippen molar-refractivity contribution in [2.75, 3.05) is 18.9 Å². The molecule has 0 spiro atoms. The van der Waals surface area contributed by atoms with E-state index in [0.29, 0.717) is 12.6 Å². The van der Waals surface area contributed by atoms with Gasteiger partial charge in [0.15, 0.2) is 0 Å². The van der Waals surface area contributed by atoms with Crippen LogP contribution >= 0.6 is 11.3 Å². The molecule has 1 aliphatic carbocycles.